The van der Waals surface area contributed by atoms with Crippen LogP contribution in [0, 0.1) is 0 Å². The largest absolute Gasteiger partial charge is 0.484 e. The van der Waals surface area contributed by atoms with Crippen LogP contribution in [0.25, 0.3) is 0 Å². The zero-order valence-corrected chi connectivity index (χ0v) is 17.5. The van der Waals surface area contributed by atoms with Gasteiger partial charge in [-0.1, -0.05) is 33.6 Å². The maximum Gasteiger partial charge on any atom is 0.262 e. The van der Waals surface area contributed by atoms with Gasteiger partial charge in [0.25, 0.3) is 5.91 Å². The molecule has 3 rings (SSSR count). The van der Waals surface area contributed by atoms with Crippen molar-refractivity contribution < 1.29 is 17.9 Å². The predicted molar refractivity (Wildman–Crippen MR) is 108 cm³/mol. The van der Waals surface area contributed by atoms with Gasteiger partial charge in [-0.15, -0.1) is 0 Å². The van der Waals surface area contributed by atoms with E-state index in [1.165, 1.54) is 16.4 Å². The lowest BCUT2D eigenvalue weighted by molar-refractivity contribution is -0.118. The first-order chi connectivity index (χ1) is 12.9. The maximum absolute atomic E-state index is 12.7. The molecular weight excluding hydrogens is 456 g/mol. The van der Waals surface area contributed by atoms with E-state index in [-0.39, 0.29) is 16.5 Å². The monoisotopic (exact) mass is 472 g/mol. The van der Waals surface area contributed by atoms with Crippen molar-refractivity contribution in [3.05, 3.63) is 52.0 Å². The fourth-order valence-corrected chi connectivity index (χ4v) is 5.14. The van der Waals surface area contributed by atoms with Gasteiger partial charge in [0.15, 0.2) is 6.61 Å². The van der Waals surface area contributed by atoms with E-state index in [1.54, 1.807) is 24.3 Å². The molecule has 6 nitrogen and oxygen atoms in total. The van der Waals surface area contributed by atoms with Gasteiger partial charge in [0.2, 0.25) is 10.0 Å². The van der Waals surface area contributed by atoms with Crippen molar-refractivity contribution in [1.29, 1.82) is 0 Å². The summed E-state index contributed by atoms with van der Waals surface area (Å²) in [5.74, 6) is 0.148. The molecule has 1 fully saturated rings. The zero-order chi connectivity index (χ0) is 19.4. The molecule has 1 aliphatic heterocycles. The van der Waals surface area contributed by atoms with Gasteiger partial charge in [-0.3, -0.25) is 4.79 Å². The number of hydrogen-bond acceptors (Lipinski definition) is 4. The molecule has 1 N–H and O–H groups in total. The van der Waals surface area contributed by atoms with Gasteiger partial charge in [0.1, 0.15) is 10.6 Å². The Bertz CT molecular complexity index is 946. The van der Waals surface area contributed by atoms with Gasteiger partial charge in [-0.25, -0.2) is 8.42 Å². The molecule has 0 saturated carbocycles. The Morgan fingerprint density at radius 3 is 2.63 bits per heavy atom. The Hall–Kier alpha value is -1.61. The van der Waals surface area contributed by atoms with Crippen LogP contribution in [0.5, 0.6) is 5.75 Å². The zero-order valence-electron chi connectivity index (χ0n) is 14.3. The molecule has 144 valence electrons. The van der Waals surface area contributed by atoms with Crippen LogP contribution < -0.4 is 10.1 Å². The van der Waals surface area contributed by atoms with Crippen molar-refractivity contribution in [2.75, 3.05) is 25.0 Å². The van der Waals surface area contributed by atoms with Crippen LogP contribution in [0.2, 0.25) is 5.02 Å². The number of nitrogens with one attached hydrogen (secondary N) is 1. The number of anilines is 1. The van der Waals surface area contributed by atoms with Gasteiger partial charge in [-0.2, -0.15) is 4.31 Å². The molecule has 2 aromatic rings. The second-order valence-electron chi connectivity index (χ2n) is 6.05. The van der Waals surface area contributed by atoms with E-state index in [2.05, 4.69) is 21.2 Å². The fraction of sp³-hybridized carbons (Fsp3) is 0.278. The maximum atomic E-state index is 12.7. The third-order valence-electron chi connectivity index (χ3n) is 4.06. The van der Waals surface area contributed by atoms with Crippen molar-refractivity contribution in [2.45, 2.75) is 17.7 Å². The second-order valence-corrected chi connectivity index (χ2v) is 9.28. The molecule has 1 amide bonds. The Labute approximate surface area is 171 Å². The first-order valence-electron chi connectivity index (χ1n) is 8.34. The SMILES string of the molecule is O=C(COc1cccc(Br)c1)Nc1ccc(Cl)c(S(=O)(=O)N2CCCC2)c1. The van der Waals surface area contributed by atoms with E-state index in [4.69, 9.17) is 16.3 Å². The van der Waals surface area contributed by atoms with E-state index < -0.39 is 15.9 Å². The van der Waals surface area contributed by atoms with Crippen LogP contribution in [-0.4, -0.2) is 38.3 Å². The lowest BCUT2D eigenvalue weighted by Gasteiger charge is -2.17. The molecule has 0 atom stereocenters. The normalized spacial score (nSPS) is 14.9. The van der Waals surface area contributed by atoms with Crippen LogP contribution in [0.4, 0.5) is 5.69 Å². The Balaban J connectivity index is 1.69. The smallest absolute Gasteiger partial charge is 0.262 e. The summed E-state index contributed by atoms with van der Waals surface area (Å²) >= 11 is 9.43. The number of carbonyl (C=O) groups is 1. The summed E-state index contributed by atoms with van der Waals surface area (Å²) in [6.07, 6.45) is 1.67. The number of nitrogens with zero attached hydrogens (tertiary/aromatic N) is 1. The Kier molecular flexibility index (Phi) is 6.41. The molecular formula is C18H18BrClN2O4S. The van der Waals surface area contributed by atoms with Crippen molar-refractivity contribution in [3.8, 4) is 5.75 Å². The van der Waals surface area contributed by atoms with E-state index in [0.717, 1.165) is 17.3 Å². The third kappa shape index (κ3) is 5.01. The number of sulfonamides is 1. The number of ether oxygens (including phenoxy) is 1. The Morgan fingerprint density at radius 1 is 1.19 bits per heavy atom. The molecule has 0 aliphatic carbocycles. The minimum Gasteiger partial charge on any atom is -0.484 e. The summed E-state index contributed by atoms with van der Waals surface area (Å²) in [5, 5.41) is 2.77. The molecule has 1 saturated heterocycles. The van der Waals surface area contributed by atoms with Gasteiger partial charge in [-0.05, 0) is 49.2 Å². The number of hydrogen-bond donors (Lipinski definition) is 1. The number of halogens is 2. The van der Waals surface area contributed by atoms with Crippen molar-refractivity contribution in [2.24, 2.45) is 0 Å². The number of rotatable bonds is 6. The highest BCUT2D eigenvalue weighted by molar-refractivity contribution is 9.10. The average Bonchev–Trinajstić information content (AvgIpc) is 3.17. The molecule has 0 radical (unpaired) electrons. The van der Waals surface area contributed by atoms with Crippen LogP contribution in [0.1, 0.15) is 12.8 Å². The summed E-state index contributed by atoms with van der Waals surface area (Å²) in [4.78, 5) is 12.1. The number of carbonyl (C=O) groups excluding carboxylic acids is 1. The molecule has 9 heteroatoms. The van der Waals surface area contributed by atoms with Crippen LogP contribution in [0.3, 0.4) is 0 Å². The predicted octanol–water partition coefficient (Wildman–Crippen LogP) is 3.90. The van der Waals surface area contributed by atoms with E-state index in [0.29, 0.717) is 24.5 Å². The van der Waals surface area contributed by atoms with Crippen LogP contribution in [0.15, 0.2) is 51.8 Å². The minimum absolute atomic E-state index is 0.00299. The average molecular weight is 474 g/mol. The second kappa shape index (κ2) is 8.60. The lowest BCUT2D eigenvalue weighted by atomic mass is 10.3. The molecule has 0 bridgehead atoms. The standard InChI is InChI=1S/C18H18BrClN2O4S/c19-13-4-3-5-15(10-13)26-12-18(23)21-14-6-7-16(20)17(11-14)27(24,25)22-8-1-2-9-22/h3-7,10-11H,1-2,8-9,12H2,(H,21,23). The summed E-state index contributed by atoms with van der Waals surface area (Å²) in [6.45, 7) is 0.763. The van der Waals surface area contributed by atoms with Crippen molar-refractivity contribution in [1.82, 2.24) is 4.31 Å². The lowest BCUT2D eigenvalue weighted by Crippen LogP contribution is -2.28. The van der Waals surface area contributed by atoms with Gasteiger partial charge < -0.3 is 10.1 Å². The molecule has 2 aromatic carbocycles. The van der Waals surface area contributed by atoms with E-state index in [9.17, 15) is 13.2 Å². The highest BCUT2D eigenvalue weighted by Gasteiger charge is 2.29. The number of benzene rings is 2. The Morgan fingerprint density at radius 2 is 1.93 bits per heavy atom. The van der Waals surface area contributed by atoms with Gasteiger partial charge >= 0.3 is 0 Å². The topological polar surface area (TPSA) is 75.7 Å². The molecule has 27 heavy (non-hydrogen) atoms. The first kappa shape index (κ1) is 20.1. The summed E-state index contributed by atoms with van der Waals surface area (Å²) < 4.78 is 33.2. The highest BCUT2D eigenvalue weighted by atomic mass is 79.9. The summed E-state index contributed by atoms with van der Waals surface area (Å²) in [7, 11) is -3.67. The number of amides is 1. The quantitative estimate of drug-likeness (QED) is 0.690. The first-order valence-corrected chi connectivity index (χ1v) is 11.0. The fourth-order valence-electron chi connectivity index (χ4n) is 2.75. The molecule has 0 aromatic heterocycles. The third-order valence-corrected chi connectivity index (χ3v) is 6.94. The van der Waals surface area contributed by atoms with E-state index >= 15 is 0 Å². The van der Waals surface area contributed by atoms with Crippen LogP contribution in [-0.2, 0) is 14.8 Å². The van der Waals surface area contributed by atoms with Crippen LogP contribution >= 0.6 is 27.5 Å². The molecule has 1 aliphatic rings. The molecule has 1 heterocycles. The van der Waals surface area contributed by atoms with E-state index in [1.807, 2.05) is 6.07 Å². The summed E-state index contributed by atoms with van der Waals surface area (Å²) in [5.41, 5.74) is 0.347. The van der Waals surface area contributed by atoms with Gasteiger partial charge in [0.05, 0.1) is 5.02 Å². The van der Waals surface area contributed by atoms with Gasteiger partial charge in [0, 0.05) is 23.2 Å². The molecule has 0 spiro atoms. The molecule has 0 unspecified atom stereocenters. The summed E-state index contributed by atoms with van der Waals surface area (Å²) in [6, 6.07) is 11.5. The van der Waals surface area contributed by atoms with Crippen molar-refractivity contribution >= 4 is 49.1 Å². The highest BCUT2D eigenvalue weighted by Crippen LogP contribution is 2.29. The minimum atomic E-state index is -3.67. The van der Waals surface area contributed by atoms with Crippen molar-refractivity contribution in [3.63, 3.8) is 0 Å².